The van der Waals surface area contributed by atoms with Gasteiger partial charge in [0.15, 0.2) is 0 Å². The molecular weight excluding hydrogens is 278 g/mol. The molecule has 0 fully saturated rings. The van der Waals surface area contributed by atoms with Crippen LogP contribution in [0.15, 0.2) is 18.2 Å². The molecule has 0 spiro atoms. The van der Waals surface area contributed by atoms with Crippen molar-refractivity contribution >= 4 is 23.2 Å². The summed E-state index contributed by atoms with van der Waals surface area (Å²) in [5.41, 5.74) is 5.03. The van der Waals surface area contributed by atoms with Gasteiger partial charge in [0.25, 0.3) is 0 Å². The van der Waals surface area contributed by atoms with E-state index in [2.05, 4.69) is 0 Å². The lowest BCUT2D eigenvalue weighted by atomic mass is 10.1. The maximum absolute atomic E-state index is 12.4. The van der Waals surface area contributed by atoms with E-state index in [1.807, 2.05) is 0 Å². The molecule has 0 aliphatic carbocycles. The van der Waals surface area contributed by atoms with Crippen LogP contribution in [-0.4, -0.2) is 19.3 Å². The molecule has 0 heterocycles. The minimum absolute atomic E-state index is 0.0899. The lowest BCUT2D eigenvalue weighted by Crippen LogP contribution is -2.35. The SMILES string of the molecule is NCC(COc1cccc(Cl)c1Cl)C(F)(F)F. The van der Waals surface area contributed by atoms with Crippen LogP contribution in [0.1, 0.15) is 0 Å². The fourth-order valence-electron chi connectivity index (χ4n) is 1.08. The van der Waals surface area contributed by atoms with E-state index < -0.39 is 25.2 Å². The summed E-state index contributed by atoms with van der Waals surface area (Å²) in [5.74, 6) is -1.61. The summed E-state index contributed by atoms with van der Waals surface area (Å²) >= 11 is 11.5. The average molecular weight is 288 g/mol. The summed E-state index contributed by atoms with van der Waals surface area (Å²) < 4.78 is 42.1. The molecule has 0 aliphatic heterocycles. The summed E-state index contributed by atoms with van der Waals surface area (Å²) in [7, 11) is 0. The Kier molecular flexibility index (Phi) is 4.91. The van der Waals surface area contributed by atoms with Crippen molar-refractivity contribution in [2.45, 2.75) is 6.18 Å². The number of ether oxygens (including phenoxy) is 1. The zero-order chi connectivity index (χ0) is 13.1. The van der Waals surface area contributed by atoms with E-state index in [0.29, 0.717) is 0 Å². The number of rotatable bonds is 4. The van der Waals surface area contributed by atoms with Gasteiger partial charge in [0, 0.05) is 6.54 Å². The molecule has 1 aromatic rings. The van der Waals surface area contributed by atoms with E-state index in [1.165, 1.54) is 18.2 Å². The van der Waals surface area contributed by atoms with E-state index in [4.69, 9.17) is 33.7 Å². The first kappa shape index (κ1) is 14.4. The molecule has 0 radical (unpaired) electrons. The van der Waals surface area contributed by atoms with Crippen molar-refractivity contribution in [1.82, 2.24) is 0 Å². The lowest BCUT2D eigenvalue weighted by Gasteiger charge is -2.19. The van der Waals surface area contributed by atoms with Gasteiger partial charge in [-0.2, -0.15) is 13.2 Å². The summed E-state index contributed by atoms with van der Waals surface area (Å²) in [6.07, 6.45) is -4.39. The van der Waals surface area contributed by atoms with Crippen molar-refractivity contribution in [2.24, 2.45) is 11.7 Å². The van der Waals surface area contributed by atoms with E-state index in [0.717, 1.165) is 0 Å². The Morgan fingerprint density at radius 2 is 1.94 bits per heavy atom. The van der Waals surface area contributed by atoms with Gasteiger partial charge in [-0.15, -0.1) is 0 Å². The van der Waals surface area contributed by atoms with Gasteiger partial charge in [0.1, 0.15) is 23.3 Å². The van der Waals surface area contributed by atoms with E-state index in [1.54, 1.807) is 0 Å². The molecule has 0 bridgehead atoms. The molecule has 2 N–H and O–H groups in total. The molecule has 1 rings (SSSR count). The Morgan fingerprint density at radius 1 is 1.29 bits per heavy atom. The molecule has 0 saturated carbocycles. The van der Waals surface area contributed by atoms with E-state index in [-0.39, 0.29) is 15.8 Å². The van der Waals surface area contributed by atoms with Crippen LogP contribution < -0.4 is 10.5 Å². The number of halogens is 5. The van der Waals surface area contributed by atoms with Crippen LogP contribution in [0, 0.1) is 5.92 Å². The van der Waals surface area contributed by atoms with Gasteiger partial charge in [0.05, 0.1) is 5.02 Å². The van der Waals surface area contributed by atoms with Gasteiger partial charge >= 0.3 is 6.18 Å². The first-order valence-corrected chi connectivity index (χ1v) is 5.45. The third-order valence-corrected chi connectivity index (χ3v) is 2.91. The molecule has 0 aliphatic rings. The average Bonchev–Trinajstić information content (AvgIpc) is 2.23. The van der Waals surface area contributed by atoms with Crippen LogP contribution >= 0.6 is 23.2 Å². The molecular formula is C10H10Cl2F3NO. The topological polar surface area (TPSA) is 35.2 Å². The Balaban J connectivity index is 2.70. The second-order valence-corrected chi connectivity index (χ2v) is 4.12. The minimum Gasteiger partial charge on any atom is -0.491 e. The summed E-state index contributed by atoms with van der Waals surface area (Å²) in [5, 5.41) is 0.313. The third-order valence-electron chi connectivity index (χ3n) is 2.10. The highest BCUT2D eigenvalue weighted by Crippen LogP contribution is 2.33. The first-order valence-electron chi connectivity index (χ1n) is 4.70. The van der Waals surface area contributed by atoms with Crippen LogP contribution in [0.25, 0.3) is 0 Å². The van der Waals surface area contributed by atoms with E-state index in [9.17, 15) is 13.2 Å². The third kappa shape index (κ3) is 3.94. The molecule has 0 saturated heterocycles. The minimum atomic E-state index is -4.39. The fraction of sp³-hybridized carbons (Fsp3) is 0.400. The van der Waals surface area contributed by atoms with Crippen LogP contribution in [0.2, 0.25) is 10.0 Å². The highest BCUT2D eigenvalue weighted by molar-refractivity contribution is 6.42. The Labute approximate surface area is 106 Å². The molecule has 7 heteroatoms. The van der Waals surface area contributed by atoms with Crippen LogP contribution in [0.5, 0.6) is 5.75 Å². The van der Waals surface area contributed by atoms with Gasteiger partial charge in [-0.1, -0.05) is 29.3 Å². The van der Waals surface area contributed by atoms with Crippen LogP contribution in [0.3, 0.4) is 0 Å². The van der Waals surface area contributed by atoms with Gasteiger partial charge in [-0.25, -0.2) is 0 Å². The summed E-state index contributed by atoms with van der Waals surface area (Å²) in [6.45, 7) is -1.12. The summed E-state index contributed by atoms with van der Waals surface area (Å²) in [6, 6.07) is 4.49. The van der Waals surface area contributed by atoms with Gasteiger partial charge < -0.3 is 10.5 Å². The molecule has 0 aromatic heterocycles. The molecule has 1 atom stereocenters. The molecule has 2 nitrogen and oxygen atoms in total. The standard InChI is InChI=1S/C10H10Cl2F3NO/c11-7-2-1-3-8(9(7)12)17-5-6(4-16)10(13,14)15/h1-3,6H,4-5,16H2. The predicted octanol–water partition coefficient (Wildman–Crippen LogP) is 3.51. The van der Waals surface area contributed by atoms with Gasteiger partial charge in [0.2, 0.25) is 0 Å². The number of alkyl halides is 3. The van der Waals surface area contributed by atoms with Crippen LogP contribution in [-0.2, 0) is 0 Å². The lowest BCUT2D eigenvalue weighted by molar-refractivity contribution is -0.178. The monoisotopic (exact) mass is 287 g/mol. The quantitative estimate of drug-likeness (QED) is 0.920. The van der Waals surface area contributed by atoms with Crippen molar-refractivity contribution in [3.05, 3.63) is 28.2 Å². The second-order valence-electron chi connectivity index (χ2n) is 3.34. The Hall–Kier alpha value is -0.650. The van der Waals surface area contributed by atoms with Crippen LogP contribution in [0.4, 0.5) is 13.2 Å². The van der Waals surface area contributed by atoms with Crippen molar-refractivity contribution in [3.8, 4) is 5.75 Å². The van der Waals surface area contributed by atoms with Crippen molar-refractivity contribution in [3.63, 3.8) is 0 Å². The largest absolute Gasteiger partial charge is 0.491 e. The number of benzene rings is 1. The van der Waals surface area contributed by atoms with Crippen molar-refractivity contribution in [1.29, 1.82) is 0 Å². The molecule has 17 heavy (non-hydrogen) atoms. The Morgan fingerprint density at radius 3 is 2.47 bits per heavy atom. The Bertz CT molecular complexity index is 384. The molecule has 0 amide bonds. The van der Waals surface area contributed by atoms with Gasteiger partial charge in [-0.3, -0.25) is 0 Å². The maximum atomic E-state index is 12.4. The zero-order valence-electron chi connectivity index (χ0n) is 8.60. The molecule has 1 aromatic carbocycles. The number of hydrogen-bond donors (Lipinski definition) is 1. The predicted molar refractivity (Wildman–Crippen MR) is 60.6 cm³/mol. The zero-order valence-corrected chi connectivity index (χ0v) is 10.1. The molecule has 96 valence electrons. The summed E-state index contributed by atoms with van der Waals surface area (Å²) in [4.78, 5) is 0. The number of hydrogen-bond acceptors (Lipinski definition) is 2. The normalized spacial score (nSPS) is 13.5. The van der Waals surface area contributed by atoms with Gasteiger partial charge in [-0.05, 0) is 12.1 Å². The maximum Gasteiger partial charge on any atom is 0.396 e. The first-order chi connectivity index (χ1) is 7.86. The smallest absolute Gasteiger partial charge is 0.396 e. The fourth-order valence-corrected chi connectivity index (χ4v) is 1.43. The second kappa shape index (κ2) is 5.80. The number of nitrogens with two attached hydrogens (primary N) is 1. The van der Waals surface area contributed by atoms with Crippen molar-refractivity contribution in [2.75, 3.05) is 13.2 Å². The molecule has 1 unspecified atom stereocenters. The highest BCUT2D eigenvalue weighted by atomic mass is 35.5. The highest BCUT2D eigenvalue weighted by Gasteiger charge is 2.39. The van der Waals surface area contributed by atoms with Crippen molar-refractivity contribution < 1.29 is 17.9 Å². The van der Waals surface area contributed by atoms with E-state index >= 15 is 0 Å².